The van der Waals surface area contributed by atoms with Crippen molar-refractivity contribution in [2.45, 2.75) is 51.0 Å². The number of benzene rings is 1. The van der Waals surface area contributed by atoms with E-state index in [0.29, 0.717) is 24.7 Å². The van der Waals surface area contributed by atoms with Crippen LogP contribution in [0, 0.1) is 11.8 Å². The number of hydrogen-bond acceptors (Lipinski definition) is 6. The number of methoxy groups -OCH3 is 1. The number of nitrogens with zero attached hydrogens (tertiary/aromatic N) is 2. The third-order valence-corrected chi connectivity index (χ3v) is 7.33. The zero-order chi connectivity index (χ0) is 24.6. The number of hydrogen-bond donors (Lipinski definition) is 2. The van der Waals surface area contributed by atoms with Gasteiger partial charge in [0.15, 0.2) is 0 Å². The molecular formula is C28H36N2O5. The van der Waals surface area contributed by atoms with Crippen molar-refractivity contribution in [3.8, 4) is 5.75 Å². The van der Waals surface area contributed by atoms with E-state index in [-0.39, 0.29) is 6.42 Å². The molecule has 0 spiro atoms. The molecular weight excluding hydrogens is 444 g/mol. The molecule has 2 aromatic heterocycles. The third-order valence-electron chi connectivity index (χ3n) is 7.33. The van der Waals surface area contributed by atoms with Gasteiger partial charge in [-0.1, -0.05) is 0 Å². The van der Waals surface area contributed by atoms with Crippen LogP contribution in [-0.2, 0) is 11.2 Å². The highest BCUT2D eigenvalue weighted by Gasteiger charge is 2.30. The Morgan fingerprint density at radius 2 is 2.14 bits per heavy atom. The van der Waals surface area contributed by atoms with E-state index in [4.69, 9.17) is 9.15 Å². The van der Waals surface area contributed by atoms with Crippen LogP contribution in [0.25, 0.3) is 10.9 Å². The van der Waals surface area contributed by atoms with Crippen LogP contribution in [-0.4, -0.2) is 52.8 Å². The Labute approximate surface area is 206 Å². The Morgan fingerprint density at radius 1 is 1.26 bits per heavy atom. The molecule has 188 valence electrons. The normalized spacial score (nSPS) is 19.6. The number of furan rings is 1. The van der Waals surface area contributed by atoms with E-state index in [2.05, 4.69) is 9.88 Å². The summed E-state index contributed by atoms with van der Waals surface area (Å²) in [4.78, 5) is 18.2. The lowest BCUT2D eigenvalue weighted by atomic mass is 9.79. The molecule has 3 heterocycles. The zero-order valence-corrected chi connectivity index (χ0v) is 20.4. The highest BCUT2D eigenvalue weighted by atomic mass is 16.5. The maximum Gasteiger partial charge on any atom is 0.303 e. The molecule has 0 saturated carbocycles. The topological polar surface area (TPSA) is 96.0 Å². The van der Waals surface area contributed by atoms with Crippen LogP contribution in [0.15, 0.2) is 53.3 Å². The summed E-state index contributed by atoms with van der Waals surface area (Å²) in [7, 11) is 1.63. The molecule has 1 fully saturated rings. The molecule has 0 bridgehead atoms. The van der Waals surface area contributed by atoms with Crippen molar-refractivity contribution in [1.29, 1.82) is 0 Å². The monoisotopic (exact) mass is 480 g/mol. The molecule has 3 aromatic rings. The van der Waals surface area contributed by atoms with E-state index >= 15 is 0 Å². The average molecular weight is 481 g/mol. The number of aryl methyl sites for hydroxylation is 1. The van der Waals surface area contributed by atoms with Gasteiger partial charge < -0.3 is 24.3 Å². The van der Waals surface area contributed by atoms with Gasteiger partial charge in [-0.2, -0.15) is 0 Å². The minimum Gasteiger partial charge on any atom is -0.497 e. The first-order valence-electron chi connectivity index (χ1n) is 12.6. The maximum atomic E-state index is 11.3. The van der Waals surface area contributed by atoms with Crippen molar-refractivity contribution >= 4 is 16.9 Å². The highest BCUT2D eigenvalue weighted by Crippen LogP contribution is 2.35. The van der Waals surface area contributed by atoms with Crippen molar-refractivity contribution in [3.05, 3.63) is 60.2 Å². The summed E-state index contributed by atoms with van der Waals surface area (Å²) < 4.78 is 10.8. The smallest absolute Gasteiger partial charge is 0.303 e. The van der Waals surface area contributed by atoms with Crippen LogP contribution in [0.5, 0.6) is 5.75 Å². The van der Waals surface area contributed by atoms with Gasteiger partial charge in [0.2, 0.25) is 0 Å². The fraction of sp³-hybridized carbons (Fsp3) is 0.500. The number of fused-ring (bicyclic) bond motifs is 1. The number of piperidine rings is 1. The van der Waals surface area contributed by atoms with Gasteiger partial charge in [-0.25, -0.2) is 0 Å². The first-order valence-corrected chi connectivity index (χ1v) is 12.6. The second-order valence-electron chi connectivity index (χ2n) is 9.60. The van der Waals surface area contributed by atoms with Gasteiger partial charge in [-0.05, 0) is 99.0 Å². The fourth-order valence-electron chi connectivity index (χ4n) is 5.40. The number of aromatic nitrogens is 1. The highest BCUT2D eigenvalue weighted by molar-refractivity contribution is 5.83. The summed E-state index contributed by atoms with van der Waals surface area (Å²) in [5.74, 6) is 1.75. The number of carboxylic acids is 1. The minimum atomic E-state index is -0.740. The largest absolute Gasteiger partial charge is 0.497 e. The number of carbonyl (C=O) groups is 1. The van der Waals surface area contributed by atoms with Gasteiger partial charge in [0, 0.05) is 31.0 Å². The van der Waals surface area contributed by atoms with Crippen molar-refractivity contribution in [2.24, 2.45) is 11.8 Å². The van der Waals surface area contributed by atoms with E-state index in [1.807, 2.05) is 36.4 Å². The lowest BCUT2D eigenvalue weighted by molar-refractivity contribution is -0.137. The van der Waals surface area contributed by atoms with Gasteiger partial charge in [0.05, 0.1) is 25.0 Å². The van der Waals surface area contributed by atoms with Crippen molar-refractivity contribution in [1.82, 2.24) is 9.88 Å². The second-order valence-corrected chi connectivity index (χ2v) is 9.60. The summed E-state index contributed by atoms with van der Waals surface area (Å²) in [5, 5.41) is 21.3. The number of aliphatic hydroxyl groups is 1. The van der Waals surface area contributed by atoms with Gasteiger partial charge in [0.25, 0.3) is 0 Å². The summed E-state index contributed by atoms with van der Waals surface area (Å²) in [6, 6.07) is 11.5. The summed E-state index contributed by atoms with van der Waals surface area (Å²) >= 11 is 0. The van der Waals surface area contributed by atoms with E-state index in [1.165, 1.54) is 0 Å². The molecule has 1 aliphatic rings. The number of likely N-dealkylation sites (tertiary alicyclic amines) is 1. The van der Waals surface area contributed by atoms with Crippen molar-refractivity contribution in [2.75, 3.05) is 26.7 Å². The second kappa shape index (κ2) is 12.2. The molecule has 35 heavy (non-hydrogen) atoms. The van der Waals surface area contributed by atoms with Crippen molar-refractivity contribution in [3.63, 3.8) is 0 Å². The summed E-state index contributed by atoms with van der Waals surface area (Å²) in [5.41, 5.74) is 1.70. The van der Waals surface area contributed by atoms with Crippen LogP contribution in [0.2, 0.25) is 0 Å². The minimum absolute atomic E-state index is 0.193. The number of rotatable bonds is 12. The standard InChI is InChI=1S/C28H36N2O5/c1-34-23-8-9-26-25(18-23)24(12-14-29-26)27(31)10-6-20-13-16-30(19-21(20)7-11-28(32)33)15-2-4-22-5-3-17-35-22/h3,5,8-9,12,14,17-18,20-21,27,31H,2,4,6-7,10-11,13,15-16,19H2,1H3,(H,32,33)/t20?,21?,27-/m0/s1. The Hall–Kier alpha value is -2.90. The SMILES string of the molecule is COc1ccc2nccc([C@@H](O)CCC3CCN(CCCc4ccco4)CC3CCC(=O)O)c2c1. The lowest BCUT2D eigenvalue weighted by Crippen LogP contribution is -2.41. The fourth-order valence-corrected chi connectivity index (χ4v) is 5.40. The van der Waals surface area contributed by atoms with Gasteiger partial charge in [0.1, 0.15) is 11.5 Å². The molecule has 1 aliphatic heterocycles. The Balaban J connectivity index is 1.36. The molecule has 4 rings (SSSR count). The first kappa shape index (κ1) is 25.2. The van der Waals surface area contributed by atoms with Crippen LogP contribution in [0.1, 0.15) is 56.0 Å². The summed E-state index contributed by atoms with van der Waals surface area (Å²) in [6.45, 7) is 2.92. The molecule has 0 aliphatic carbocycles. The van der Waals surface area contributed by atoms with E-state index < -0.39 is 12.1 Å². The Bertz CT molecular complexity index is 1080. The number of aliphatic carboxylic acids is 1. The van der Waals surface area contributed by atoms with Crippen LogP contribution >= 0.6 is 0 Å². The van der Waals surface area contributed by atoms with E-state index in [9.17, 15) is 15.0 Å². The average Bonchev–Trinajstić information content (AvgIpc) is 3.39. The molecule has 7 nitrogen and oxygen atoms in total. The predicted octanol–water partition coefficient (Wildman–Crippen LogP) is 5.09. The maximum absolute atomic E-state index is 11.3. The lowest BCUT2D eigenvalue weighted by Gasteiger charge is -2.39. The number of aliphatic hydroxyl groups excluding tert-OH is 1. The van der Waals surface area contributed by atoms with Gasteiger partial charge in [-0.15, -0.1) is 0 Å². The van der Waals surface area contributed by atoms with Crippen LogP contribution in [0.4, 0.5) is 0 Å². The molecule has 2 N–H and O–H groups in total. The van der Waals surface area contributed by atoms with E-state index in [1.54, 1.807) is 19.6 Å². The van der Waals surface area contributed by atoms with Crippen LogP contribution < -0.4 is 4.74 Å². The van der Waals surface area contributed by atoms with Gasteiger partial charge >= 0.3 is 5.97 Å². The third kappa shape index (κ3) is 6.83. The molecule has 1 aromatic carbocycles. The molecule has 7 heteroatoms. The van der Waals surface area contributed by atoms with E-state index in [0.717, 1.165) is 73.3 Å². The summed E-state index contributed by atoms with van der Waals surface area (Å²) in [6.07, 6.45) is 8.22. The Morgan fingerprint density at radius 3 is 2.91 bits per heavy atom. The van der Waals surface area contributed by atoms with Crippen molar-refractivity contribution < 1.29 is 24.2 Å². The molecule has 1 saturated heterocycles. The molecule has 0 amide bonds. The quantitative estimate of drug-likeness (QED) is 0.373. The number of carboxylic acid groups (broad SMARTS) is 1. The molecule has 2 unspecified atom stereocenters. The first-order chi connectivity index (χ1) is 17.0. The number of pyridine rings is 1. The van der Waals surface area contributed by atoms with Crippen LogP contribution in [0.3, 0.4) is 0 Å². The Kier molecular flexibility index (Phi) is 8.77. The molecule has 3 atom stereocenters. The number of ether oxygens (including phenoxy) is 1. The molecule has 0 radical (unpaired) electrons. The zero-order valence-electron chi connectivity index (χ0n) is 20.4. The predicted molar refractivity (Wildman–Crippen MR) is 134 cm³/mol. The van der Waals surface area contributed by atoms with Gasteiger partial charge in [-0.3, -0.25) is 9.78 Å².